The Bertz CT molecular complexity index is 948. The second-order valence-corrected chi connectivity index (χ2v) is 6.85. The quantitative estimate of drug-likeness (QED) is 0.187. The number of nitrogens with zero attached hydrogens (tertiary/aromatic N) is 4. The fourth-order valence-corrected chi connectivity index (χ4v) is 3.01. The summed E-state index contributed by atoms with van der Waals surface area (Å²) in [5.74, 6) is 2.45. The van der Waals surface area contributed by atoms with Gasteiger partial charge in [-0.15, -0.1) is 34.2 Å². The average Bonchev–Trinajstić information content (AvgIpc) is 3.23. The minimum Gasteiger partial charge on any atom is -0.383 e. The van der Waals surface area contributed by atoms with Crippen LogP contribution in [-0.4, -0.2) is 52.5 Å². The molecule has 1 aromatic carbocycles. The third-order valence-corrected chi connectivity index (χ3v) is 4.77. The number of ether oxygens (including phenoxy) is 1. The zero-order valence-corrected chi connectivity index (χ0v) is 19.8. The predicted octanol–water partition coefficient (Wildman–Crippen LogP) is 2.46. The van der Waals surface area contributed by atoms with Crippen LogP contribution in [0.1, 0.15) is 22.8 Å². The minimum absolute atomic E-state index is 0. The molecule has 0 aliphatic heterocycles. The van der Waals surface area contributed by atoms with Gasteiger partial charge in [-0.2, -0.15) is 0 Å². The molecule has 0 aliphatic carbocycles. The molecule has 0 bridgehead atoms. The Balaban J connectivity index is 0.00000300. The van der Waals surface area contributed by atoms with Gasteiger partial charge in [0.2, 0.25) is 0 Å². The van der Waals surface area contributed by atoms with Crippen molar-refractivity contribution in [3.8, 4) is 0 Å². The number of H-pyrrole nitrogens is 1. The summed E-state index contributed by atoms with van der Waals surface area (Å²) in [6.45, 7) is 6.58. The molecule has 0 saturated carbocycles. The van der Waals surface area contributed by atoms with Crippen LogP contribution in [0.25, 0.3) is 10.9 Å². The van der Waals surface area contributed by atoms with E-state index in [0.29, 0.717) is 19.7 Å². The van der Waals surface area contributed by atoms with E-state index in [4.69, 9.17) is 4.74 Å². The maximum absolute atomic E-state index is 5.12. The summed E-state index contributed by atoms with van der Waals surface area (Å²) in [6, 6.07) is 6.50. The van der Waals surface area contributed by atoms with Crippen LogP contribution in [0.4, 0.5) is 0 Å². The molecule has 0 aliphatic rings. The molecular formula is C20H30IN7O. The number of halogens is 1. The fourth-order valence-electron chi connectivity index (χ4n) is 3.01. The first-order chi connectivity index (χ1) is 13.6. The molecule has 3 N–H and O–H groups in total. The number of fused-ring (bicyclic) bond motifs is 1. The van der Waals surface area contributed by atoms with Crippen molar-refractivity contribution in [3.63, 3.8) is 0 Å². The molecule has 0 amide bonds. The van der Waals surface area contributed by atoms with Crippen molar-refractivity contribution < 1.29 is 4.74 Å². The Kier molecular flexibility index (Phi) is 8.90. The van der Waals surface area contributed by atoms with Gasteiger partial charge in [0, 0.05) is 44.3 Å². The summed E-state index contributed by atoms with van der Waals surface area (Å²) in [5, 5.41) is 16.2. The lowest BCUT2D eigenvalue weighted by Gasteiger charge is -2.12. The molecule has 9 heteroatoms. The van der Waals surface area contributed by atoms with Gasteiger partial charge in [-0.1, -0.05) is 12.1 Å². The number of hydrogen-bond acceptors (Lipinski definition) is 4. The monoisotopic (exact) mass is 511 g/mol. The van der Waals surface area contributed by atoms with E-state index in [1.165, 1.54) is 22.0 Å². The van der Waals surface area contributed by atoms with E-state index in [9.17, 15) is 0 Å². The molecule has 3 rings (SSSR count). The Morgan fingerprint density at radius 2 is 2.00 bits per heavy atom. The SMILES string of the molecule is COCCNC(=NCc1nnc(C)n1C)NCCc1c[nH]c2cc(C)ccc12.I. The van der Waals surface area contributed by atoms with Gasteiger partial charge in [0.05, 0.1) is 6.61 Å². The van der Waals surface area contributed by atoms with Crippen LogP contribution in [0, 0.1) is 13.8 Å². The van der Waals surface area contributed by atoms with Gasteiger partial charge >= 0.3 is 0 Å². The standard InChI is InChI=1S/C20H29N7O.HI/c1-14-5-6-17-16(12-23-18(17)11-14)7-8-21-20(22-9-10-28-4)24-13-19-26-25-15(2)27(19)3;/h5-6,11-12,23H,7-10,13H2,1-4H3,(H2,21,22,24);1H. The number of aliphatic imine (C=N–C) groups is 1. The van der Waals surface area contributed by atoms with Crippen LogP contribution in [0.5, 0.6) is 0 Å². The van der Waals surface area contributed by atoms with Crippen molar-refractivity contribution in [3.05, 3.63) is 47.2 Å². The minimum atomic E-state index is 0. The van der Waals surface area contributed by atoms with Crippen molar-refractivity contribution >= 4 is 40.8 Å². The molecule has 3 aromatic rings. The molecule has 0 unspecified atom stereocenters. The first kappa shape index (κ1) is 23.1. The van der Waals surface area contributed by atoms with Crippen LogP contribution in [-0.2, 0) is 24.8 Å². The molecule has 158 valence electrons. The number of guanidine groups is 1. The van der Waals surface area contributed by atoms with Crippen LogP contribution < -0.4 is 10.6 Å². The molecule has 0 saturated heterocycles. The van der Waals surface area contributed by atoms with Crippen molar-refractivity contribution in [2.75, 3.05) is 26.8 Å². The van der Waals surface area contributed by atoms with Gasteiger partial charge in [-0.25, -0.2) is 4.99 Å². The lowest BCUT2D eigenvalue weighted by molar-refractivity contribution is 0.203. The number of nitrogens with one attached hydrogen (secondary N) is 3. The van der Waals surface area contributed by atoms with Crippen molar-refractivity contribution in [2.24, 2.45) is 12.0 Å². The van der Waals surface area contributed by atoms with E-state index in [-0.39, 0.29) is 24.0 Å². The molecule has 0 atom stereocenters. The Labute approximate surface area is 188 Å². The van der Waals surface area contributed by atoms with Gasteiger partial charge in [0.15, 0.2) is 11.8 Å². The maximum atomic E-state index is 5.12. The highest BCUT2D eigenvalue weighted by Crippen LogP contribution is 2.19. The molecule has 2 heterocycles. The average molecular weight is 511 g/mol. The van der Waals surface area contributed by atoms with Crippen LogP contribution in [0.2, 0.25) is 0 Å². The highest BCUT2D eigenvalue weighted by molar-refractivity contribution is 14.0. The van der Waals surface area contributed by atoms with Crippen LogP contribution in [0.3, 0.4) is 0 Å². The topological polar surface area (TPSA) is 92.2 Å². The van der Waals surface area contributed by atoms with E-state index >= 15 is 0 Å². The summed E-state index contributed by atoms with van der Waals surface area (Å²) in [7, 11) is 3.64. The van der Waals surface area contributed by atoms with E-state index in [2.05, 4.69) is 62.1 Å². The Morgan fingerprint density at radius 3 is 2.72 bits per heavy atom. The summed E-state index contributed by atoms with van der Waals surface area (Å²) < 4.78 is 7.07. The number of aromatic amines is 1. The van der Waals surface area contributed by atoms with Gasteiger partial charge in [-0.3, -0.25) is 0 Å². The molecule has 2 aromatic heterocycles. The van der Waals surface area contributed by atoms with Crippen LogP contribution in [0.15, 0.2) is 29.4 Å². The summed E-state index contributed by atoms with van der Waals surface area (Å²) in [6.07, 6.45) is 2.99. The summed E-state index contributed by atoms with van der Waals surface area (Å²) >= 11 is 0. The Morgan fingerprint density at radius 1 is 1.21 bits per heavy atom. The van der Waals surface area contributed by atoms with E-state index in [0.717, 1.165) is 30.6 Å². The number of aryl methyl sites for hydroxylation is 2. The first-order valence-electron chi connectivity index (χ1n) is 9.51. The fraction of sp³-hybridized carbons (Fsp3) is 0.450. The summed E-state index contributed by atoms with van der Waals surface area (Å²) in [4.78, 5) is 8.00. The third-order valence-electron chi connectivity index (χ3n) is 4.77. The van der Waals surface area contributed by atoms with Gasteiger partial charge in [0.1, 0.15) is 12.4 Å². The maximum Gasteiger partial charge on any atom is 0.191 e. The van der Waals surface area contributed by atoms with Crippen LogP contribution >= 0.6 is 24.0 Å². The normalized spacial score (nSPS) is 11.5. The zero-order valence-electron chi connectivity index (χ0n) is 17.5. The summed E-state index contributed by atoms with van der Waals surface area (Å²) in [5.41, 5.74) is 3.73. The second kappa shape index (κ2) is 11.1. The van der Waals surface area contributed by atoms with Gasteiger partial charge in [0.25, 0.3) is 0 Å². The number of methoxy groups -OCH3 is 1. The number of hydrogen-bond donors (Lipinski definition) is 3. The molecule has 8 nitrogen and oxygen atoms in total. The van der Waals surface area contributed by atoms with E-state index in [1.54, 1.807) is 7.11 Å². The number of rotatable bonds is 8. The van der Waals surface area contributed by atoms with Crippen molar-refractivity contribution in [2.45, 2.75) is 26.8 Å². The van der Waals surface area contributed by atoms with Crippen molar-refractivity contribution in [1.29, 1.82) is 0 Å². The molecule has 0 spiro atoms. The predicted molar refractivity (Wildman–Crippen MR) is 127 cm³/mol. The third kappa shape index (κ3) is 6.17. The largest absolute Gasteiger partial charge is 0.383 e. The Hall–Kier alpha value is -2.14. The lowest BCUT2D eigenvalue weighted by Crippen LogP contribution is -2.40. The second-order valence-electron chi connectivity index (χ2n) is 6.85. The smallest absolute Gasteiger partial charge is 0.191 e. The van der Waals surface area contributed by atoms with Crippen molar-refractivity contribution in [1.82, 2.24) is 30.4 Å². The highest BCUT2D eigenvalue weighted by atomic mass is 127. The van der Waals surface area contributed by atoms with Gasteiger partial charge < -0.3 is 24.9 Å². The first-order valence-corrected chi connectivity index (χ1v) is 9.51. The van der Waals surface area contributed by atoms with E-state index in [1.807, 2.05) is 18.5 Å². The molecule has 29 heavy (non-hydrogen) atoms. The zero-order chi connectivity index (χ0) is 19.9. The number of benzene rings is 1. The molecular weight excluding hydrogens is 481 g/mol. The lowest BCUT2D eigenvalue weighted by atomic mass is 10.1. The highest BCUT2D eigenvalue weighted by Gasteiger charge is 2.07. The molecule has 0 fully saturated rings. The molecule has 0 radical (unpaired) electrons. The number of aromatic nitrogens is 4. The van der Waals surface area contributed by atoms with Gasteiger partial charge in [-0.05, 0) is 37.5 Å². The van der Waals surface area contributed by atoms with E-state index < -0.39 is 0 Å².